The number of likely N-dealkylation sites (tertiary alicyclic amines) is 1. The molecule has 1 saturated heterocycles. The van der Waals surface area contributed by atoms with E-state index in [1.807, 2.05) is 0 Å². The van der Waals surface area contributed by atoms with Gasteiger partial charge < -0.3 is 20.4 Å². The molecule has 1 rings (SSSR count). The van der Waals surface area contributed by atoms with Crippen molar-refractivity contribution in [2.45, 2.75) is 25.9 Å². The van der Waals surface area contributed by atoms with Gasteiger partial charge in [0.25, 0.3) is 0 Å². The van der Waals surface area contributed by atoms with Crippen LogP contribution in [0.1, 0.15) is 19.8 Å². The summed E-state index contributed by atoms with van der Waals surface area (Å²) in [6.45, 7) is 2.72. The molecule has 0 aromatic carbocycles. The number of carbonyl (C=O) groups is 2. The highest BCUT2D eigenvalue weighted by molar-refractivity contribution is 5.76. The lowest BCUT2D eigenvalue weighted by molar-refractivity contribution is -0.140. The molecule has 1 fully saturated rings. The van der Waals surface area contributed by atoms with Gasteiger partial charge in [-0.05, 0) is 12.8 Å². The third kappa shape index (κ3) is 3.69. The smallest absolute Gasteiger partial charge is 0.317 e. The Morgan fingerprint density at radius 3 is 2.50 bits per heavy atom. The summed E-state index contributed by atoms with van der Waals surface area (Å²) >= 11 is 0. The van der Waals surface area contributed by atoms with Crippen LogP contribution >= 0.6 is 0 Å². The van der Waals surface area contributed by atoms with Gasteiger partial charge in [-0.25, -0.2) is 4.79 Å². The van der Waals surface area contributed by atoms with E-state index in [1.54, 1.807) is 11.8 Å². The lowest BCUT2D eigenvalue weighted by Crippen LogP contribution is -2.46. The molecule has 6 heteroatoms. The maximum Gasteiger partial charge on any atom is 0.317 e. The van der Waals surface area contributed by atoms with E-state index in [9.17, 15) is 14.7 Å². The van der Waals surface area contributed by atoms with Crippen LogP contribution in [0.15, 0.2) is 0 Å². The molecule has 1 unspecified atom stereocenters. The van der Waals surface area contributed by atoms with Gasteiger partial charge in [-0.2, -0.15) is 0 Å². The average molecular weight is 230 g/mol. The van der Waals surface area contributed by atoms with Crippen molar-refractivity contribution >= 4 is 12.0 Å². The van der Waals surface area contributed by atoms with E-state index in [1.165, 1.54) is 0 Å². The number of nitrogens with zero attached hydrogens (tertiary/aromatic N) is 1. The van der Waals surface area contributed by atoms with E-state index < -0.39 is 11.9 Å². The molecular formula is C10H18N2O4. The number of nitrogens with one attached hydrogen (secondary N) is 1. The number of rotatable bonds is 3. The van der Waals surface area contributed by atoms with Crippen molar-refractivity contribution in [3.8, 4) is 0 Å². The van der Waals surface area contributed by atoms with Crippen molar-refractivity contribution in [1.82, 2.24) is 10.2 Å². The number of amides is 2. The quantitative estimate of drug-likeness (QED) is 0.630. The first-order valence-electron chi connectivity index (χ1n) is 5.44. The van der Waals surface area contributed by atoms with E-state index in [2.05, 4.69) is 5.32 Å². The second kappa shape index (κ2) is 5.69. The second-order valence-corrected chi connectivity index (χ2v) is 4.14. The zero-order chi connectivity index (χ0) is 12.1. The van der Waals surface area contributed by atoms with E-state index in [0.717, 1.165) is 0 Å². The first-order chi connectivity index (χ1) is 7.50. The zero-order valence-corrected chi connectivity index (χ0v) is 9.35. The molecule has 1 heterocycles. The first kappa shape index (κ1) is 12.8. The number of aliphatic carboxylic acids is 1. The highest BCUT2D eigenvalue weighted by atomic mass is 16.4. The fraction of sp³-hybridized carbons (Fsp3) is 0.800. The Kier molecular flexibility index (Phi) is 4.54. The van der Waals surface area contributed by atoms with Gasteiger partial charge >= 0.3 is 12.0 Å². The van der Waals surface area contributed by atoms with Gasteiger partial charge in [0, 0.05) is 19.6 Å². The topological polar surface area (TPSA) is 89.9 Å². The fourth-order valence-electron chi connectivity index (χ4n) is 1.51. The van der Waals surface area contributed by atoms with Crippen molar-refractivity contribution in [3.63, 3.8) is 0 Å². The molecule has 0 spiro atoms. The maximum absolute atomic E-state index is 11.6. The summed E-state index contributed by atoms with van der Waals surface area (Å²) in [5, 5.41) is 20.5. The van der Waals surface area contributed by atoms with Crippen LogP contribution in [-0.4, -0.2) is 52.9 Å². The minimum Gasteiger partial charge on any atom is -0.481 e. The highest BCUT2D eigenvalue weighted by Gasteiger charge is 2.21. The van der Waals surface area contributed by atoms with E-state index in [4.69, 9.17) is 5.11 Å². The molecular weight excluding hydrogens is 212 g/mol. The second-order valence-electron chi connectivity index (χ2n) is 4.14. The van der Waals surface area contributed by atoms with Crippen LogP contribution in [0.25, 0.3) is 0 Å². The average Bonchev–Trinajstić information content (AvgIpc) is 2.26. The molecule has 0 radical (unpaired) electrons. The van der Waals surface area contributed by atoms with Crippen LogP contribution < -0.4 is 5.32 Å². The fourth-order valence-corrected chi connectivity index (χ4v) is 1.51. The normalized spacial score (nSPS) is 19.2. The lowest BCUT2D eigenvalue weighted by atomic mass is 10.1. The van der Waals surface area contributed by atoms with Gasteiger partial charge in [0.2, 0.25) is 0 Å². The molecule has 1 atom stereocenters. The van der Waals surface area contributed by atoms with Crippen LogP contribution in [0.3, 0.4) is 0 Å². The number of aliphatic hydroxyl groups excluding tert-OH is 1. The molecule has 16 heavy (non-hydrogen) atoms. The van der Waals surface area contributed by atoms with Gasteiger partial charge in [-0.15, -0.1) is 0 Å². The summed E-state index contributed by atoms with van der Waals surface area (Å²) < 4.78 is 0. The van der Waals surface area contributed by atoms with E-state index in [0.29, 0.717) is 25.9 Å². The summed E-state index contributed by atoms with van der Waals surface area (Å²) in [5.41, 5.74) is 0. The zero-order valence-electron chi connectivity index (χ0n) is 9.35. The molecule has 92 valence electrons. The number of carbonyl (C=O) groups excluding carboxylic acids is 1. The lowest BCUT2D eigenvalue weighted by Gasteiger charge is -2.29. The van der Waals surface area contributed by atoms with Crippen molar-refractivity contribution in [1.29, 1.82) is 0 Å². The van der Waals surface area contributed by atoms with Crippen LogP contribution in [0, 0.1) is 5.92 Å². The predicted octanol–water partition coefficient (Wildman–Crippen LogP) is -0.127. The summed E-state index contributed by atoms with van der Waals surface area (Å²) in [5.74, 6) is -1.51. The number of hydrogen-bond acceptors (Lipinski definition) is 3. The molecule has 6 nitrogen and oxygen atoms in total. The van der Waals surface area contributed by atoms with Crippen molar-refractivity contribution in [2.24, 2.45) is 5.92 Å². The monoisotopic (exact) mass is 230 g/mol. The van der Waals surface area contributed by atoms with Gasteiger partial charge in [-0.3, -0.25) is 4.79 Å². The Morgan fingerprint density at radius 1 is 1.44 bits per heavy atom. The molecule has 0 aromatic rings. The maximum atomic E-state index is 11.6. The molecule has 0 aliphatic carbocycles. The van der Waals surface area contributed by atoms with E-state index in [-0.39, 0.29) is 18.7 Å². The summed E-state index contributed by atoms with van der Waals surface area (Å²) in [6.07, 6.45) is 0.853. The predicted molar refractivity (Wildman–Crippen MR) is 57.0 cm³/mol. The number of aliphatic hydroxyl groups is 1. The van der Waals surface area contributed by atoms with Gasteiger partial charge in [0.05, 0.1) is 12.0 Å². The first-order valence-corrected chi connectivity index (χ1v) is 5.44. The number of hydrogen-bond donors (Lipinski definition) is 3. The summed E-state index contributed by atoms with van der Waals surface area (Å²) in [7, 11) is 0. The summed E-state index contributed by atoms with van der Waals surface area (Å²) in [6, 6.07) is -0.250. The number of carboxylic acids is 1. The van der Waals surface area contributed by atoms with Gasteiger partial charge in [0.15, 0.2) is 0 Å². The van der Waals surface area contributed by atoms with Crippen molar-refractivity contribution in [2.75, 3.05) is 19.6 Å². The highest BCUT2D eigenvalue weighted by Crippen LogP contribution is 2.09. The van der Waals surface area contributed by atoms with E-state index >= 15 is 0 Å². The Hall–Kier alpha value is -1.30. The Labute approximate surface area is 94.2 Å². The standard InChI is InChI=1S/C10H18N2O4/c1-7(9(14)15)6-11-10(16)12-4-2-8(13)3-5-12/h7-8,13H,2-6H2,1H3,(H,11,16)(H,14,15). The van der Waals surface area contributed by atoms with Gasteiger partial charge in [0.1, 0.15) is 0 Å². The minimum atomic E-state index is -0.922. The third-order valence-electron chi connectivity index (χ3n) is 2.73. The number of carboxylic acid groups (broad SMARTS) is 1. The SMILES string of the molecule is CC(CNC(=O)N1CCC(O)CC1)C(=O)O. The number of piperidine rings is 1. The van der Waals surface area contributed by atoms with Crippen molar-refractivity contribution < 1.29 is 19.8 Å². The van der Waals surface area contributed by atoms with Gasteiger partial charge in [-0.1, -0.05) is 6.92 Å². The summed E-state index contributed by atoms with van der Waals surface area (Å²) in [4.78, 5) is 23.7. The van der Waals surface area contributed by atoms with Crippen LogP contribution in [0.2, 0.25) is 0 Å². The van der Waals surface area contributed by atoms with Crippen LogP contribution in [0.4, 0.5) is 4.79 Å². The van der Waals surface area contributed by atoms with Crippen LogP contribution in [-0.2, 0) is 4.79 Å². The molecule has 3 N–H and O–H groups in total. The molecule has 2 amide bonds. The molecule has 0 aromatic heterocycles. The molecule has 1 aliphatic heterocycles. The third-order valence-corrected chi connectivity index (χ3v) is 2.73. The molecule has 0 saturated carbocycles. The molecule has 0 bridgehead atoms. The number of urea groups is 1. The Balaban J connectivity index is 2.27. The minimum absolute atomic E-state index is 0.132. The van der Waals surface area contributed by atoms with Crippen LogP contribution in [0.5, 0.6) is 0 Å². The van der Waals surface area contributed by atoms with Crippen molar-refractivity contribution in [3.05, 3.63) is 0 Å². The Bertz CT molecular complexity index is 262. The molecule has 1 aliphatic rings. The largest absolute Gasteiger partial charge is 0.481 e. The Morgan fingerprint density at radius 2 is 2.00 bits per heavy atom.